The third-order valence-corrected chi connectivity index (χ3v) is 7.95. The molecule has 1 fully saturated rings. The van der Waals surface area contributed by atoms with Crippen LogP contribution in [-0.2, 0) is 24.6 Å². The molecule has 10 heteroatoms. The van der Waals surface area contributed by atoms with E-state index in [4.69, 9.17) is 9.72 Å². The summed E-state index contributed by atoms with van der Waals surface area (Å²) < 4.78 is 6.84. The third kappa shape index (κ3) is 5.74. The van der Waals surface area contributed by atoms with Gasteiger partial charge in [0.05, 0.1) is 18.9 Å². The quantitative estimate of drug-likeness (QED) is 0.340. The van der Waals surface area contributed by atoms with Crippen molar-refractivity contribution in [2.24, 2.45) is 7.05 Å². The highest BCUT2D eigenvalue weighted by molar-refractivity contribution is 6.04. The molecule has 43 heavy (non-hydrogen) atoms. The van der Waals surface area contributed by atoms with Gasteiger partial charge in [0.15, 0.2) is 5.82 Å². The van der Waals surface area contributed by atoms with Gasteiger partial charge in [-0.2, -0.15) is 0 Å². The van der Waals surface area contributed by atoms with Gasteiger partial charge in [-0.3, -0.25) is 14.5 Å². The van der Waals surface area contributed by atoms with E-state index in [0.29, 0.717) is 56.2 Å². The molecule has 0 radical (unpaired) electrons. The van der Waals surface area contributed by atoms with Gasteiger partial charge in [-0.25, -0.2) is 9.78 Å². The Morgan fingerprint density at radius 1 is 0.953 bits per heavy atom. The van der Waals surface area contributed by atoms with Crippen molar-refractivity contribution in [3.8, 4) is 11.3 Å². The molecule has 0 aliphatic carbocycles. The van der Waals surface area contributed by atoms with E-state index in [1.54, 1.807) is 47.3 Å². The number of anilines is 4. The summed E-state index contributed by atoms with van der Waals surface area (Å²) >= 11 is 0. The summed E-state index contributed by atoms with van der Waals surface area (Å²) in [6.45, 7) is 4.83. The maximum atomic E-state index is 13.3. The number of morpholine rings is 1. The van der Waals surface area contributed by atoms with Crippen molar-refractivity contribution in [1.29, 1.82) is 0 Å². The number of carbonyl (C=O) groups is 2. The summed E-state index contributed by atoms with van der Waals surface area (Å²) in [6.07, 6.45) is 3.20. The average molecular weight is 579 g/mol. The fourth-order valence-corrected chi connectivity index (χ4v) is 5.62. The first kappa shape index (κ1) is 28.2. The average Bonchev–Trinajstić information content (AvgIpc) is 3.48. The predicted molar refractivity (Wildman–Crippen MR) is 167 cm³/mol. The maximum absolute atomic E-state index is 13.3. The Morgan fingerprint density at radius 2 is 1.72 bits per heavy atom. The van der Waals surface area contributed by atoms with Crippen LogP contribution in [-0.4, -0.2) is 59.2 Å². The Morgan fingerprint density at radius 3 is 2.49 bits per heavy atom. The van der Waals surface area contributed by atoms with Crippen LogP contribution in [0.1, 0.15) is 28.4 Å². The molecule has 1 saturated heterocycles. The van der Waals surface area contributed by atoms with E-state index >= 15 is 0 Å². The molecule has 1 aromatic heterocycles. The highest BCUT2D eigenvalue weighted by Crippen LogP contribution is 2.36. The van der Waals surface area contributed by atoms with Gasteiger partial charge in [-0.1, -0.05) is 37.3 Å². The van der Waals surface area contributed by atoms with Crippen LogP contribution >= 0.6 is 0 Å². The molecular formula is C33H34N6O4. The maximum Gasteiger partial charge on any atom is 0.326 e. The first-order valence-corrected chi connectivity index (χ1v) is 14.5. The minimum absolute atomic E-state index is 0.0406. The molecule has 6 rings (SSSR count). The number of urea groups is 1. The summed E-state index contributed by atoms with van der Waals surface area (Å²) in [7, 11) is 1.69. The van der Waals surface area contributed by atoms with Crippen molar-refractivity contribution >= 4 is 34.8 Å². The largest absolute Gasteiger partial charge is 0.378 e. The smallest absolute Gasteiger partial charge is 0.326 e. The van der Waals surface area contributed by atoms with Crippen molar-refractivity contribution in [2.75, 3.05) is 48.4 Å². The normalized spacial score (nSPS) is 14.4. The molecule has 0 spiro atoms. The monoisotopic (exact) mass is 578 g/mol. The molecule has 3 amide bonds. The van der Waals surface area contributed by atoms with Crippen LogP contribution in [0.25, 0.3) is 11.3 Å². The number of hydrogen-bond donors (Lipinski definition) is 2. The number of rotatable bonds is 6. The van der Waals surface area contributed by atoms with Gasteiger partial charge in [0.25, 0.3) is 11.5 Å². The number of nitrogens with zero attached hydrogens (tertiary/aromatic N) is 4. The van der Waals surface area contributed by atoms with Crippen LogP contribution in [0, 0.1) is 0 Å². The number of amides is 3. The number of ether oxygens (including phenoxy) is 1. The molecule has 220 valence electrons. The van der Waals surface area contributed by atoms with Gasteiger partial charge in [0, 0.05) is 61.1 Å². The summed E-state index contributed by atoms with van der Waals surface area (Å²) in [4.78, 5) is 47.4. The van der Waals surface area contributed by atoms with Gasteiger partial charge in [0.2, 0.25) is 0 Å². The Hall–Kier alpha value is -4.96. The molecule has 3 heterocycles. The third-order valence-electron chi connectivity index (χ3n) is 7.95. The molecule has 2 N–H and O–H groups in total. The molecule has 2 aliphatic heterocycles. The zero-order valence-electron chi connectivity index (χ0n) is 24.3. The molecule has 4 aromatic rings. The Bertz CT molecular complexity index is 1730. The topological polar surface area (TPSA) is 109 Å². The predicted octanol–water partition coefficient (Wildman–Crippen LogP) is 4.82. The van der Waals surface area contributed by atoms with Crippen molar-refractivity contribution in [3.63, 3.8) is 0 Å². The zero-order chi connectivity index (χ0) is 29.9. The highest BCUT2D eigenvalue weighted by Gasteiger charge is 2.28. The fourth-order valence-electron chi connectivity index (χ4n) is 5.62. The van der Waals surface area contributed by atoms with E-state index < -0.39 is 0 Å². The summed E-state index contributed by atoms with van der Waals surface area (Å²) in [5, 5.41) is 6.21. The number of para-hydroxylation sites is 1. The van der Waals surface area contributed by atoms with E-state index in [1.807, 2.05) is 42.5 Å². The number of benzene rings is 3. The standard InChI is InChI=1S/C33H34N6O4/c1-3-22-7-4-5-9-27(22)36-33(42)39-16-15-26-25(8-6-10-29(26)39)28-21-37(2)32(41)30(35-28)34-24-13-11-23(12-14-24)31(40)38-17-19-43-20-18-38/h4-14,21H,3,15-20H2,1-2H3,(H,34,35)(H,36,42). The molecular weight excluding hydrogens is 544 g/mol. The Kier molecular flexibility index (Phi) is 7.93. The minimum atomic E-state index is -0.277. The summed E-state index contributed by atoms with van der Waals surface area (Å²) in [5.74, 6) is 0.134. The highest BCUT2D eigenvalue weighted by atomic mass is 16.5. The lowest BCUT2D eigenvalue weighted by Gasteiger charge is -2.26. The molecule has 10 nitrogen and oxygen atoms in total. The lowest BCUT2D eigenvalue weighted by molar-refractivity contribution is 0.0303. The molecule has 0 unspecified atom stereocenters. The number of fused-ring (bicyclic) bond motifs is 1. The van der Waals surface area contributed by atoms with Crippen LogP contribution in [0.3, 0.4) is 0 Å². The first-order valence-electron chi connectivity index (χ1n) is 14.5. The second-order valence-electron chi connectivity index (χ2n) is 10.6. The lowest BCUT2D eigenvalue weighted by atomic mass is 10.0. The lowest BCUT2D eigenvalue weighted by Crippen LogP contribution is -2.40. The van der Waals surface area contributed by atoms with E-state index in [9.17, 15) is 14.4 Å². The van der Waals surface area contributed by atoms with Crippen LogP contribution in [0.4, 0.5) is 27.7 Å². The Balaban J connectivity index is 1.23. The second-order valence-corrected chi connectivity index (χ2v) is 10.6. The van der Waals surface area contributed by atoms with Crippen molar-refractivity contribution < 1.29 is 14.3 Å². The molecule has 2 aliphatic rings. The van der Waals surface area contributed by atoms with Gasteiger partial charge >= 0.3 is 6.03 Å². The number of aromatic nitrogens is 2. The van der Waals surface area contributed by atoms with Crippen LogP contribution < -0.4 is 21.1 Å². The summed E-state index contributed by atoms with van der Waals surface area (Å²) in [6, 6.07) is 20.5. The van der Waals surface area contributed by atoms with Gasteiger partial charge in [-0.15, -0.1) is 0 Å². The van der Waals surface area contributed by atoms with E-state index in [-0.39, 0.29) is 23.3 Å². The summed E-state index contributed by atoms with van der Waals surface area (Å²) in [5.41, 5.74) is 6.17. The number of hydrogen-bond acceptors (Lipinski definition) is 6. The van der Waals surface area contributed by atoms with Crippen molar-refractivity contribution in [1.82, 2.24) is 14.5 Å². The molecule has 3 aromatic carbocycles. The number of aryl methyl sites for hydroxylation is 2. The minimum Gasteiger partial charge on any atom is -0.378 e. The van der Waals surface area contributed by atoms with Gasteiger partial charge in [-0.05, 0) is 60.4 Å². The van der Waals surface area contributed by atoms with Crippen LogP contribution in [0.2, 0.25) is 0 Å². The number of nitrogens with one attached hydrogen (secondary N) is 2. The van der Waals surface area contributed by atoms with Crippen LogP contribution in [0.15, 0.2) is 77.7 Å². The SMILES string of the molecule is CCc1ccccc1NC(=O)N1CCc2c(-c3cn(C)c(=O)c(Nc4ccc(C(=O)N5CCOCC5)cc4)n3)cccc21. The fraction of sp³-hybridized carbons (Fsp3) is 0.273. The first-order chi connectivity index (χ1) is 20.9. The number of carbonyl (C=O) groups excluding carboxylic acids is 2. The van der Waals surface area contributed by atoms with E-state index in [2.05, 4.69) is 17.6 Å². The Labute approximate surface area is 249 Å². The van der Waals surface area contributed by atoms with Crippen molar-refractivity contribution in [3.05, 3.63) is 100.0 Å². The van der Waals surface area contributed by atoms with E-state index in [0.717, 1.165) is 34.5 Å². The van der Waals surface area contributed by atoms with Crippen LogP contribution in [0.5, 0.6) is 0 Å². The van der Waals surface area contributed by atoms with Gasteiger partial charge < -0.3 is 24.8 Å². The molecule has 0 bridgehead atoms. The molecule has 0 saturated carbocycles. The van der Waals surface area contributed by atoms with Gasteiger partial charge in [0.1, 0.15) is 0 Å². The zero-order valence-corrected chi connectivity index (χ0v) is 24.3. The van der Waals surface area contributed by atoms with E-state index in [1.165, 1.54) is 4.57 Å². The second kappa shape index (κ2) is 12.1. The van der Waals surface area contributed by atoms with Crippen molar-refractivity contribution in [2.45, 2.75) is 19.8 Å². The molecule has 0 atom stereocenters.